The Labute approximate surface area is 198 Å². The molecule has 7 nitrogen and oxygen atoms in total. The molecule has 1 aliphatic rings. The first-order valence-electron chi connectivity index (χ1n) is 11.0. The minimum atomic E-state index is -0.789. The molecule has 1 aliphatic heterocycles. The predicted octanol–water partition coefficient (Wildman–Crippen LogP) is 4.50. The number of hydrogen-bond acceptors (Lipinski definition) is 6. The Balaban J connectivity index is 1.83. The minimum Gasteiger partial charge on any atom is -0.507 e. The van der Waals surface area contributed by atoms with E-state index in [1.54, 1.807) is 74.0 Å². The van der Waals surface area contributed by atoms with Crippen molar-refractivity contribution in [2.45, 2.75) is 32.5 Å². The number of likely N-dealkylation sites (tertiary alicyclic amines) is 1. The number of pyridine rings is 1. The first-order chi connectivity index (χ1) is 16.4. The van der Waals surface area contributed by atoms with Crippen molar-refractivity contribution < 1.29 is 24.2 Å². The number of carbonyl (C=O) groups excluding carboxylic acids is 2. The summed E-state index contributed by atoms with van der Waals surface area (Å²) >= 11 is 0. The molecule has 0 bridgehead atoms. The highest BCUT2D eigenvalue weighted by Gasteiger charge is 2.46. The van der Waals surface area contributed by atoms with Crippen LogP contribution in [0.5, 0.6) is 11.5 Å². The van der Waals surface area contributed by atoms with Crippen LogP contribution in [0.3, 0.4) is 0 Å². The Bertz CT molecular complexity index is 1220. The molecule has 1 saturated heterocycles. The average Bonchev–Trinajstić information content (AvgIpc) is 3.09. The highest BCUT2D eigenvalue weighted by atomic mass is 16.5. The van der Waals surface area contributed by atoms with Crippen LogP contribution in [0.1, 0.15) is 36.7 Å². The number of rotatable bonds is 7. The first-order valence-corrected chi connectivity index (χ1v) is 11.0. The number of benzene rings is 2. The third-order valence-electron chi connectivity index (χ3n) is 5.51. The van der Waals surface area contributed by atoms with Gasteiger partial charge in [-0.3, -0.25) is 14.6 Å². The second-order valence-corrected chi connectivity index (χ2v) is 8.22. The summed E-state index contributed by atoms with van der Waals surface area (Å²) in [6.07, 6.45) is 1.58. The van der Waals surface area contributed by atoms with E-state index in [0.29, 0.717) is 28.3 Å². The summed E-state index contributed by atoms with van der Waals surface area (Å²) in [5, 5.41) is 11.3. The maximum absolute atomic E-state index is 13.2. The van der Waals surface area contributed by atoms with Gasteiger partial charge in [0.25, 0.3) is 11.7 Å². The highest BCUT2D eigenvalue weighted by molar-refractivity contribution is 6.46. The molecular formula is C27H26N2O5. The van der Waals surface area contributed by atoms with E-state index in [9.17, 15) is 14.7 Å². The van der Waals surface area contributed by atoms with Gasteiger partial charge in [-0.1, -0.05) is 30.3 Å². The van der Waals surface area contributed by atoms with Crippen molar-refractivity contribution in [1.82, 2.24) is 9.88 Å². The Morgan fingerprint density at radius 2 is 1.79 bits per heavy atom. The molecule has 1 fully saturated rings. The fourth-order valence-corrected chi connectivity index (χ4v) is 3.99. The van der Waals surface area contributed by atoms with Crippen LogP contribution in [0.25, 0.3) is 5.76 Å². The summed E-state index contributed by atoms with van der Waals surface area (Å²) in [6, 6.07) is 18.5. The van der Waals surface area contributed by atoms with Crippen molar-refractivity contribution in [2.75, 3.05) is 7.11 Å². The highest BCUT2D eigenvalue weighted by Crippen LogP contribution is 2.40. The van der Waals surface area contributed by atoms with Crippen LogP contribution in [0.15, 0.2) is 78.5 Å². The average molecular weight is 459 g/mol. The summed E-state index contributed by atoms with van der Waals surface area (Å²) < 4.78 is 11.0. The molecule has 1 unspecified atom stereocenters. The molecule has 0 aliphatic carbocycles. The Morgan fingerprint density at radius 3 is 2.44 bits per heavy atom. The van der Waals surface area contributed by atoms with Gasteiger partial charge in [-0.15, -0.1) is 0 Å². The van der Waals surface area contributed by atoms with Gasteiger partial charge in [-0.05, 0) is 55.8 Å². The molecule has 174 valence electrons. The maximum Gasteiger partial charge on any atom is 0.296 e. The lowest BCUT2D eigenvalue weighted by Crippen LogP contribution is -2.29. The van der Waals surface area contributed by atoms with Crippen molar-refractivity contribution in [3.05, 3.63) is 95.3 Å². The van der Waals surface area contributed by atoms with Gasteiger partial charge in [0.2, 0.25) is 0 Å². The Morgan fingerprint density at radius 1 is 1.03 bits per heavy atom. The van der Waals surface area contributed by atoms with Gasteiger partial charge >= 0.3 is 0 Å². The molecule has 4 rings (SSSR count). The number of ether oxygens (including phenoxy) is 2. The molecule has 7 heteroatoms. The van der Waals surface area contributed by atoms with E-state index >= 15 is 0 Å². The summed E-state index contributed by atoms with van der Waals surface area (Å²) in [5.41, 5.74) is 1.72. The van der Waals surface area contributed by atoms with Gasteiger partial charge < -0.3 is 19.5 Å². The van der Waals surface area contributed by atoms with Crippen LogP contribution >= 0.6 is 0 Å². The molecule has 2 aromatic carbocycles. The first kappa shape index (κ1) is 23.0. The predicted molar refractivity (Wildman–Crippen MR) is 127 cm³/mol. The molecule has 0 radical (unpaired) electrons. The van der Waals surface area contributed by atoms with Gasteiger partial charge in [0.15, 0.2) is 0 Å². The third-order valence-corrected chi connectivity index (χ3v) is 5.51. The normalized spacial score (nSPS) is 17.3. The summed E-state index contributed by atoms with van der Waals surface area (Å²) in [5.74, 6) is -0.490. The maximum atomic E-state index is 13.2. The fourth-order valence-electron chi connectivity index (χ4n) is 3.99. The van der Waals surface area contributed by atoms with Gasteiger partial charge in [0.05, 0.1) is 37.1 Å². The quantitative estimate of drug-likeness (QED) is 0.319. The molecule has 34 heavy (non-hydrogen) atoms. The number of nitrogens with zero attached hydrogens (tertiary/aromatic N) is 2. The number of methoxy groups -OCH3 is 1. The molecule has 1 N–H and O–H groups in total. The molecule has 3 aromatic rings. The minimum absolute atomic E-state index is 0.0211. The van der Waals surface area contributed by atoms with Crippen molar-refractivity contribution in [3.8, 4) is 11.5 Å². The molecule has 2 heterocycles. The second-order valence-electron chi connectivity index (χ2n) is 8.22. The third kappa shape index (κ3) is 4.64. The zero-order chi connectivity index (χ0) is 24.2. The van der Waals surface area contributed by atoms with Gasteiger partial charge in [-0.25, -0.2) is 0 Å². The molecule has 0 saturated carbocycles. The van der Waals surface area contributed by atoms with E-state index in [2.05, 4.69) is 4.98 Å². The van der Waals surface area contributed by atoms with Crippen molar-refractivity contribution in [2.24, 2.45) is 0 Å². The summed E-state index contributed by atoms with van der Waals surface area (Å²) in [6.45, 7) is 3.92. The summed E-state index contributed by atoms with van der Waals surface area (Å²) in [4.78, 5) is 32.1. The number of carbonyl (C=O) groups is 2. The monoisotopic (exact) mass is 458 g/mol. The van der Waals surface area contributed by atoms with Crippen molar-refractivity contribution in [3.63, 3.8) is 0 Å². The van der Waals surface area contributed by atoms with Crippen molar-refractivity contribution in [1.29, 1.82) is 0 Å². The standard InChI is InChI=1S/C27H26N2O5/c1-17(2)34-22-9-6-7-19(15-22)25(30)23-24(18-10-12-21(33-3)13-11-18)29(27(32)26(23)31)16-20-8-4-5-14-28-20/h4-15,17,24,30H,16H2,1-3H3/b25-23-. The number of ketones is 1. The second kappa shape index (κ2) is 9.79. The van der Waals surface area contributed by atoms with Gasteiger partial charge in [0.1, 0.15) is 17.3 Å². The van der Waals surface area contributed by atoms with E-state index < -0.39 is 17.7 Å². The van der Waals surface area contributed by atoms with E-state index in [1.807, 2.05) is 19.9 Å². The summed E-state index contributed by atoms with van der Waals surface area (Å²) in [7, 11) is 1.56. The lowest BCUT2D eigenvalue weighted by Gasteiger charge is -2.25. The van der Waals surface area contributed by atoms with Crippen LogP contribution in [0, 0.1) is 0 Å². The number of aromatic nitrogens is 1. The topological polar surface area (TPSA) is 89.0 Å². The lowest BCUT2D eigenvalue weighted by molar-refractivity contribution is -0.140. The Kier molecular flexibility index (Phi) is 6.63. The molecule has 1 atom stereocenters. The number of aliphatic hydroxyl groups excluding tert-OH is 1. The van der Waals surface area contributed by atoms with Crippen LogP contribution in [-0.4, -0.2) is 39.9 Å². The van der Waals surface area contributed by atoms with E-state index in [1.165, 1.54) is 4.90 Å². The largest absolute Gasteiger partial charge is 0.507 e. The zero-order valence-electron chi connectivity index (χ0n) is 19.3. The Hall–Kier alpha value is -4.13. The van der Waals surface area contributed by atoms with E-state index in [-0.39, 0.29) is 24.0 Å². The fraction of sp³-hybridized carbons (Fsp3) is 0.222. The SMILES string of the molecule is COc1ccc(C2/C(=C(/O)c3cccc(OC(C)C)c3)C(=O)C(=O)N2Cc2ccccn2)cc1. The molecule has 1 aromatic heterocycles. The van der Waals surface area contributed by atoms with E-state index in [0.717, 1.165) is 0 Å². The molecule has 1 amide bonds. The number of hydrogen-bond donors (Lipinski definition) is 1. The van der Waals surface area contributed by atoms with Gasteiger partial charge in [0, 0.05) is 11.8 Å². The van der Waals surface area contributed by atoms with Crippen LogP contribution in [-0.2, 0) is 16.1 Å². The van der Waals surface area contributed by atoms with Gasteiger partial charge in [-0.2, -0.15) is 0 Å². The number of Topliss-reactive ketones (excluding diaryl/α,β-unsaturated/α-hetero) is 1. The molecule has 0 spiro atoms. The van der Waals surface area contributed by atoms with Crippen LogP contribution in [0.2, 0.25) is 0 Å². The zero-order valence-corrected chi connectivity index (χ0v) is 19.3. The molecular weight excluding hydrogens is 432 g/mol. The smallest absolute Gasteiger partial charge is 0.296 e. The van der Waals surface area contributed by atoms with Crippen LogP contribution < -0.4 is 9.47 Å². The van der Waals surface area contributed by atoms with E-state index in [4.69, 9.17) is 9.47 Å². The lowest BCUT2D eigenvalue weighted by atomic mass is 9.95. The number of amides is 1. The van der Waals surface area contributed by atoms with Crippen LogP contribution in [0.4, 0.5) is 0 Å². The number of aliphatic hydroxyl groups is 1. The van der Waals surface area contributed by atoms with Crippen molar-refractivity contribution >= 4 is 17.4 Å².